The van der Waals surface area contributed by atoms with Crippen molar-refractivity contribution in [2.24, 2.45) is 0 Å². The molecule has 0 saturated carbocycles. The van der Waals surface area contributed by atoms with Gasteiger partial charge >= 0.3 is 6.03 Å². The lowest BCUT2D eigenvalue weighted by atomic mass is 9.92. The summed E-state index contributed by atoms with van der Waals surface area (Å²) in [6.07, 6.45) is 0.587. The van der Waals surface area contributed by atoms with Gasteiger partial charge in [-0.3, -0.25) is 9.69 Å². The highest BCUT2D eigenvalue weighted by Gasteiger charge is 2.49. The Balaban J connectivity index is 0.00000280. The normalized spacial score (nSPS) is 19.9. The van der Waals surface area contributed by atoms with E-state index in [9.17, 15) is 9.59 Å². The second kappa shape index (κ2) is 8.57. The van der Waals surface area contributed by atoms with E-state index in [0.717, 1.165) is 4.90 Å². The van der Waals surface area contributed by atoms with Crippen LogP contribution in [-0.2, 0) is 23.3 Å². The van der Waals surface area contributed by atoms with Crippen molar-refractivity contribution < 1.29 is 18.8 Å². The SMILES string of the molecule is CNC(C)Cc1noc(CN2C(=O)NC(C)(c3ccc(OC)cc3)C2=O)n1.Cl. The molecule has 0 spiro atoms. The van der Waals surface area contributed by atoms with Crippen molar-refractivity contribution in [1.29, 1.82) is 0 Å². The number of benzene rings is 1. The number of hydrogen-bond donors (Lipinski definition) is 2. The van der Waals surface area contributed by atoms with Crippen LogP contribution in [0.1, 0.15) is 31.1 Å². The van der Waals surface area contributed by atoms with E-state index in [1.54, 1.807) is 38.3 Å². The number of hydrogen-bond acceptors (Lipinski definition) is 7. The molecule has 2 heterocycles. The van der Waals surface area contributed by atoms with Gasteiger partial charge < -0.3 is 19.9 Å². The van der Waals surface area contributed by atoms with Gasteiger partial charge in [0, 0.05) is 12.5 Å². The Labute approximate surface area is 169 Å². The van der Waals surface area contributed by atoms with E-state index < -0.39 is 11.6 Å². The molecule has 9 nitrogen and oxygen atoms in total. The van der Waals surface area contributed by atoms with E-state index >= 15 is 0 Å². The number of carbonyl (C=O) groups is 2. The fraction of sp³-hybridized carbons (Fsp3) is 0.444. The molecule has 0 radical (unpaired) electrons. The van der Waals surface area contributed by atoms with E-state index in [4.69, 9.17) is 9.26 Å². The van der Waals surface area contributed by atoms with Crippen molar-refractivity contribution >= 4 is 24.3 Å². The van der Waals surface area contributed by atoms with Crippen molar-refractivity contribution in [3.8, 4) is 5.75 Å². The number of nitrogens with zero attached hydrogens (tertiary/aromatic N) is 3. The number of urea groups is 1. The maximum Gasteiger partial charge on any atom is 0.325 e. The van der Waals surface area contributed by atoms with Crippen LogP contribution in [0.4, 0.5) is 4.79 Å². The fourth-order valence-corrected chi connectivity index (χ4v) is 2.91. The Bertz CT molecular complexity index is 841. The average Bonchev–Trinajstić information content (AvgIpc) is 3.20. The molecule has 0 aliphatic carbocycles. The zero-order valence-electron chi connectivity index (χ0n) is 16.2. The second-order valence-corrected chi connectivity index (χ2v) is 6.67. The number of halogens is 1. The summed E-state index contributed by atoms with van der Waals surface area (Å²) < 4.78 is 10.3. The minimum atomic E-state index is -1.16. The summed E-state index contributed by atoms with van der Waals surface area (Å²) in [6, 6.07) is 6.69. The minimum absolute atomic E-state index is 0. The summed E-state index contributed by atoms with van der Waals surface area (Å²) in [4.78, 5) is 30.7. The summed E-state index contributed by atoms with van der Waals surface area (Å²) in [5.74, 6) is 1.04. The summed E-state index contributed by atoms with van der Waals surface area (Å²) in [7, 11) is 3.41. The maximum atomic E-state index is 12.9. The third-order valence-electron chi connectivity index (χ3n) is 4.73. The number of methoxy groups -OCH3 is 1. The Morgan fingerprint density at radius 1 is 1.32 bits per heavy atom. The summed E-state index contributed by atoms with van der Waals surface area (Å²) in [6.45, 7) is 3.59. The fourth-order valence-electron chi connectivity index (χ4n) is 2.91. The van der Waals surface area contributed by atoms with Crippen LogP contribution >= 0.6 is 12.4 Å². The molecule has 1 aliphatic rings. The van der Waals surface area contributed by atoms with Gasteiger partial charge in [0.25, 0.3) is 5.91 Å². The first-order valence-electron chi connectivity index (χ1n) is 8.64. The van der Waals surface area contributed by atoms with Gasteiger partial charge in [-0.25, -0.2) is 4.79 Å². The zero-order valence-corrected chi connectivity index (χ0v) is 17.0. The molecule has 1 aromatic carbocycles. The largest absolute Gasteiger partial charge is 0.497 e. The molecule has 1 aromatic heterocycles. The van der Waals surface area contributed by atoms with Crippen molar-refractivity contribution in [3.63, 3.8) is 0 Å². The smallest absolute Gasteiger partial charge is 0.325 e. The molecule has 28 heavy (non-hydrogen) atoms. The van der Waals surface area contributed by atoms with Crippen LogP contribution in [0.25, 0.3) is 0 Å². The predicted octanol–water partition coefficient (Wildman–Crippen LogP) is 1.62. The third kappa shape index (κ3) is 4.10. The van der Waals surface area contributed by atoms with Gasteiger partial charge in [-0.05, 0) is 38.6 Å². The third-order valence-corrected chi connectivity index (χ3v) is 4.73. The number of ether oxygens (including phenoxy) is 1. The van der Waals surface area contributed by atoms with Gasteiger partial charge in [0.15, 0.2) is 5.82 Å². The first kappa shape index (κ1) is 21.6. The van der Waals surface area contributed by atoms with E-state index in [1.807, 2.05) is 14.0 Å². The molecule has 2 atom stereocenters. The number of likely N-dealkylation sites (N-methyl/N-ethyl adjacent to an activating group) is 1. The monoisotopic (exact) mass is 409 g/mol. The maximum absolute atomic E-state index is 12.9. The Kier molecular flexibility index (Phi) is 6.63. The summed E-state index contributed by atoms with van der Waals surface area (Å²) >= 11 is 0. The molecule has 10 heteroatoms. The number of imide groups is 1. The molecule has 3 amide bonds. The van der Waals surface area contributed by atoms with Gasteiger partial charge in [0.2, 0.25) is 5.89 Å². The Morgan fingerprint density at radius 2 is 2.00 bits per heavy atom. The number of amides is 3. The molecule has 2 unspecified atom stereocenters. The molecule has 1 fully saturated rings. The Hall–Kier alpha value is -2.65. The second-order valence-electron chi connectivity index (χ2n) is 6.67. The average molecular weight is 410 g/mol. The lowest BCUT2D eigenvalue weighted by molar-refractivity contribution is -0.131. The molecule has 152 valence electrons. The topological polar surface area (TPSA) is 110 Å². The lowest BCUT2D eigenvalue weighted by Gasteiger charge is -2.22. The van der Waals surface area contributed by atoms with Crippen LogP contribution < -0.4 is 15.4 Å². The van der Waals surface area contributed by atoms with Crippen LogP contribution in [0.2, 0.25) is 0 Å². The highest BCUT2D eigenvalue weighted by atomic mass is 35.5. The number of nitrogens with one attached hydrogen (secondary N) is 2. The van der Waals surface area contributed by atoms with Crippen LogP contribution in [0.5, 0.6) is 5.75 Å². The molecular weight excluding hydrogens is 386 g/mol. The summed E-state index contributed by atoms with van der Waals surface area (Å²) in [5, 5.41) is 9.74. The van der Waals surface area contributed by atoms with E-state index in [1.165, 1.54) is 0 Å². The van der Waals surface area contributed by atoms with E-state index in [0.29, 0.717) is 23.6 Å². The van der Waals surface area contributed by atoms with Crippen LogP contribution in [-0.4, -0.2) is 47.2 Å². The molecule has 2 N–H and O–H groups in total. The highest BCUT2D eigenvalue weighted by Crippen LogP contribution is 2.30. The minimum Gasteiger partial charge on any atom is -0.497 e. The molecule has 2 aromatic rings. The van der Waals surface area contributed by atoms with Gasteiger partial charge in [-0.2, -0.15) is 4.98 Å². The van der Waals surface area contributed by atoms with Gasteiger partial charge in [-0.15, -0.1) is 12.4 Å². The highest BCUT2D eigenvalue weighted by molar-refractivity contribution is 6.07. The van der Waals surface area contributed by atoms with Crippen molar-refractivity contribution in [2.45, 2.75) is 38.4 Å². The first-order valence-corrected chi connectivity index (χ1v) is 8.64. The molecule has 1 saturated heterocycles. The van der Waals surface area contributed by atoms with Crippen molar-refractivity contribution in [3.05, 3.63) is 41.5 Å². The van der Waals surface area contributed by atoms with Gasteiger partial charge in [0.1, 0.15) is 17.8 Å². The quantitative estimate of drug-likeness (QED) is 0.668. The standard InChI is InChI=1S/C18H23N5O4.ClH/c1-11(19-3)9-14-20-15(27-22-14)10-23-16(24)18(2,21-17(23)25)12-5-7-13(26-4)8-6-12;/h5-8,11,19H,9-10H2,1-4H3,(H,21,25);1H. The van der Waals surface area contributed by atoms with Gasteiger partial charge in [-0.1, -0.05) is 17.3 Å². The van der Waals surface area contributed by atoms with Crippen molar-refractivity contribution in [2.75, 3.05) is 14.2 Å². The van der Waals surface area contributed by atoms with Crippen LogP contribution in [0.15, 0.2) is 28.8 Å². The molecule has 1 aliphatic heterocycles. The lowest BCUT2D eigenvalue weighted by Crippen LogP contribution is -2.40. The number of carbonyl (C=O) groups excluding carboxylic acids is 2. The molecule has 3 rings (SSSR count). The number of rotatable bonds is 7. The van der Waals surface area contributed by atoms with E-state index in [-0.39, 0.29) is 36.8 Å². The van der Waals surface area contributed by atoms with Crippen LogP contribution in [0, 0.1) is 0 Å². The summed E-state index contributed by atoms with van der Waals surface area (Å²) in [5.41, 5.74) is -0.495. The van der Waals surface area contributed by atoms with E-state index in [2.05, 4.69) is 20.8 Å². The van der Waals surface area contributed by atoms with Crippen molar-refractivity contribution in [1.82, 2.24) is 25.7 Å². The van der Waals surface area contributed by atoms with Crippen LogP contribution in [0.3, 0.4) is 0 Å². The van der Waals surface area contributed by atoms with Gasteiger partial charge in [0.05, 0.1) is 7.11 Å². The zero-order chi connectivity index (χ0) is 19.6. The Morgan fingerprint density at radius 3 is 2.61 bits per heavy atom. The predicted molar refractivity (Wildman–Crippen MR) is 103 cm³/mol. The first-order chi connectivity index (χ1) is 12.9. The number of aromatic nitrogens is 2. The molecule has 0 bridgehead atoms. The molecular formula is C18H24ClN5O4.